The lowest BCUT2D eigenvalue weighted by Crippen LogP contribution is -2.42. The number of hydrogen-bond acceptors (Lipinski definition) is 5. The minimum atomic E-state index is -0.528. The molecule has 0 aliphatic carbocycles. The Balaban J connectivity index is 1.82. The summed E-state index contributed by atoms with van der Waals surface area (Å²) in [6.07, 6.45) is 1.20. The number of hydrogen-bond donors (Lipinski definition) is 3. The second kappa shape index (κ2) is 11.7. The van der Waals surface area contributed by atoms with Crippen LogP contribution in [0.3, 0.4) is 0 Å². The molecule has 0 unspecified atom stereocenters. The van der Waals surface area contributed by atoms with Gasteiger partial charge in [-0.05, 0) is 45.4 Å². The summed E-state index contributed by atoms with van der Waals surface area (Å²) in [5.74, 6) is 1.01. The number of guanidine groups is 1. The fourth-order valence-electron chi connectivity index (χ4n) is 2.39. The predicted molar refractivity (Wildman–Crippen MR) is 118 cm³/mol. The molecule has 0 saturated carbocycles. The molecule has 0 spiro atoms. The van der Waals surface area contributed by atoms with E-state index < -0.39 is 11.7 Å². The van der Waals surface area contributed by atoms with Crippen molar-refractivity contribution < 1.29 is 18.7 Å². The Hall–Kier alpha value is -3.36. The second-order valence-electron chi connectivity index (χ2n) is 7.61. The summed E-state index contributed by atoms with van der Waals surface area (Å²) < 4.78 is 24.0. The number of rotatable bonds is 8. The van der Waals surface area contributed by atoms with Crippen LogP contribution in [-0.4, -0.2) is 42.3 Å². The molecule has 2 aromatic rings. The lowest BCUT2D eigenvalue weighted by Gasteiger charge is -2.19. The summed E-state index contributed by atoms with van der Waals surface area (Å²) in [6, 6.07) is 9.44. The van der Waals surface area contributed by atoms with E-state index in [1.165, 1.54) is 12.1 Å². The van der Waals surface area contributed by atoms with Crippen LogP contribution in [0.5, 0.6) is 11.6 Å². The summed E-state index contributed by atoms with van der Waals surface area (Å²) >= 11 is 0. The van der Waals surface area contributed by atoms with Crippen LogP contribution >= 0.6 is 0 Å². The SMILES string of the molecule is CCNC(=NCc1ccc(Oc2cccc(F)c2)nc1)NCCNC(=O)OC(C)(C)C. The van der Waals surface area contributed by atoms with Crippen molar-refractivity contribution in [3.63, 3.8) is 0 Å². The zero-order chi connectivity index (χ0) is 22.7. The number of benzene rings is 1. The van der Waals surface area contributed by atoms with Crippen LogP contribution in [0.25, 0.3) is 0 Å². The molecule has 3 N–H and O–H groups in total. The molecular weight excluding hydrogens is 401 g/mol. The fourth-order valence-corrected chi connectivity index (χ4v) is 2.39. The van der Waals surface area contributed by atoms with Crippen LogP contribution in [0, 0.1) is 5.82 Å². The standard InChI is InChI=1S/C22H30FN5O3/c1-5-24-20(25-11-12-26-21(29)31-22(2,3)4)28-15-16-9-10-19(27-14-16)30-18-8-6-7-17(23)13-18/h6-10,13-14H,5,11-12,15H2,1-4H3,(H,26,29)(H2,24,25,28). The van der Waals surface area contributed by atoms with Gasteiger partial charge in [0.15, 0.2) is 5.96 Å². The van der Waals surface area contributed by atoms with Crippen LogP contribution in [-0.2, 0) is 11.3 Å². The van der Waals surface area contributed by atoms with Crippen molar-refractivity contribution in [2.45, 2.75) is 39.8 Å². The number of nitrogens with zero attached hydrogens (tertiary/aromatic N) is 2. The maximum Gasteiger partial charge on any atom is 0.407 e. The first-order valence-corrected chi connectivity index (χ1v) is 10.1. The fraction of sp³-hybridized carbons (Fsp3) is 0.409. The van der Waals surface area contributed by atoms with Crippen molar-refractivity contribution in [2.75, 3.05) is 19.6 Å². The summed E-state index contributed by atoms with van der Waals surface area (Å²) in [6.45, 7) is 9.40. The van der Waals surface area contributed by atoms with E-state index in [2.05, 4.69) is 25.9 Å². The number of aliphatic imine (C=N–C) groups is 1. The van der Waals surface area contributed by atoms with Crippen molar-refractivity contribution in [1.82, 2.24) is 20.9 Å². The zero-order valence-electron chi connectivity index (χ0n) is 18.4. The quantitative estimate of drug-likeness (QED) is 0.336. The molecule has 1 aromatic heterocycles. The van der Waals surface area contributed by atoms with Gasteiger partial charge in [-0.3, -0.25) is 0 Å². The molecule has 168 valence electrons. The largest absolute Gasteiger partial charge is 0.444 e. The van der Waals surface area contributed by atoms with Crippen LogP contribution in [0.1, 0.15) is 33.3 Å². The smallest absolute Gasteiger partial charge is 0.407 e. The van der Waals surface area contributed by atoms with E-state index in [9.17, 15) is 9.18 Å². The highest BCUT2D eigenvalue weighted by molar-refractivity contribution is 5.79. The molecular formula is C22H30FN5O3. The van der Waals surface area contributed by atoms with E-state index in [4.69, 9.17) is 9.47 Å². The number of nitrogens with one attached hydrogen (secondary N) is 3. The minimum absolute atomic E-state index is 0.367. The van der Waals surface area contributed by atoms with Gasteiger partial charge in [-0.25, -0.2) is 19.2 Å². The maximum absolute atomic E-state index is 13.2. The Morgan fingerprint density at radius 3 is 2.55 bits per heavy atom. The Morgan fingerprint density at radius 2 is 1.90 bits per heavy atom. The van der Waals surface area contributed by atoms with E-state index in [0.29, 0.717) is 43.8 Å². The number of ether oxygens (including phenoxy) is 2. The molecule has 0 aliphatic rings. The van der Waals surface area contributed by atoms with Crippen molar-refractivity contribution >= 4 is 12.1 Å². The van der Waals surface area contributed by atoms with Crippen LogP contribution < -0.4 is 20.7 Å². The molecule has 0 atom stereocenters. The zero-order valence-corrected chi connectivity index (χ0v) is 18.4. The first kappa shape index (κ1) is 23.9. The number of carbonyl (C=O) groups excluding carboxylic acids is 1. The summed E-state index contributed by atoms with van der Waals surface area (Å²) in [7, 11) is 0. The van der Waals surface area contributed by atoms with Crippen LogP contribution in [0.15, 0.2) is 47.6 Å². The Kier molecular flexibility index (Phi) is 9.05. The molecule has 1 aromatic carbocycles. The van der Waals surface area contributed by atoms with Gasteiger partial charge < -0.3 is 25.4 Å². The summed E-state index contributed by atoms with van der Waals surface area (Å²) in [5, 5.41) is 8.98. The Labute approximate surface area is 182 Å². The van der Waals surface area contributed by atoms with E-state index in [-0.39, 0.29) is 5.82 Å². The summed E-state index contributed by atoms with van der Waals surface area (Å²) in [5.41, 5.74) is 0.357. The number of alkyl carbamates (subject to hydrolysis) is 1. The van der Waals surface area contributed by atoms with Gasteiger partial charge in [-0.2, -0.15) is 0 Å². The third-order valence-electron chi connectivity index (χ3n) is 3.67. The average molecular weight is 432 g/mol. The molecule has 0 bridgehead atoms. The number of carbonyl (C=O) groups is 1. The van der Waals surface area contributed by atoms with Gasteiger partial charge in [0.05, 0.1) is 6.54 Å². The third-order valence-corrected chi connectivity index (χ3v) is 3.67. The second-order valence-corrected chi connectivity index (χ2v) is 7.61. The van der Waals surface area contributed by atoms with Crippen LogP contribution in [0.2, 0.25) is 0 Å². The van der Waals surface area contributed by atoms with E-state index >= 15 is 0 Å². The Morgan fingerprint density at radius 1 is 1.13 bits per heavy atom. The van der Waals surface area contributed by atoms with Crippen molar-refractivity contribution in [1.29, 1.82) is 0 Å². The monoisotopic (exact) mass is 431 g/mol. The summed E-state index contributed by atoms with van der Waals surface area (Å²) in [4.78, 5) is 20.4. The highest BCUT2D eigenvalue weighted by Gasteiger charge is 2.15. The molecule has 0 radical (unpaired) electrons. The van der Waals surface area contributed by atoms with Gasteiger partial charge in [0, 0.05) is 38.0 Å². The molecule has 31 heavy (non-hydrogen) atoms. The van der Waals surface area contributed by atoms with Crippen molar-refractivity contribution in [3.8, 4) is 11.6 Å². The number of amides is 1. The molecule has 1 amide bonds. The molecule has 1 heterocycles. The maximum atomic E-state index is 13.2. The van der Waals surface area contributed by atoms with E-state index in [1.807, 2.05) is 33.8 Å². The first-order chi connectivity index (χ1) is 14.7. The van der Waals surface area contributed by atoms with Gasteiger partial charge in [0.1, 0.15) is 17.2 Å². The molecule has 2 rings (SSSR count). The predicted octanol–water partition coefficient (Wildman–Crippen LogP) is 3.59. The van der Waals surface area contributed by atoms with Gasteiger partial charge in [-0.15, -0.1) is 0 Å². The average Bonchev–Trinajstić information content (AvgIpc) is 2.69. The van der Waals surface area contributed by atoms with Gasteiger partial charge in [0.2, 0.25) is 5.88 Å². The topological polar surface area (TPSA) is 96.9 Å². The molecule has 0 saturated heterocycles. The van der Waals surface area contributed by atoms with E-state index in [1.54, 1.807) is 24.4 Å². The molecule has 9 heteroatoms. The highest BCUT2D eigenvalue weighted by Crippen LogP contribution is 2.20. The highest BCUT2D eigenvalue weighted by atomic mass is 19.1. The van der Waals surface area contributed by atoms with Crippen LogP contribution in [0.4, 0.5) is 9.18 Å². The first-order valence-electron chi connectivity index (χ1n) is 10.1. The molecule has 0 fully saturated rings. The third kappa shape index (κ3) is 9.79. The molecule has 8 nitrogen and oxygen atoms in total. The lowest BCUT2D eigenvalue weighted by molar-refractivity contribution is 0.0529. The van der Waals surface area contributed by atoms with Crippen molar-refractivity contribution in [3.05, 3.63) is 54.0 Å². The Bertz CT molecular complexity index is 866. The van der Waals surface area contributed by atoms with Gasteiger partial charge in [0.25, 0.3) is 0 Å². The number of aromatic nitrogens is 1. The van der Waals surface area contributed by atoms with Crippen molar-refractivity contribution in [2.24, 2.45) is 4.99 Å². The number of halogens is 1. The van der Waals surface area contributed by atoms with Gasteiger partial charge >= 0.3 is 6.09 Å². The lowest BCUT2D eigenvalue weighted by atomic mass is 10.2. The normalized spacial score (nSPS) is 11.6. The van der Waals surface area contributed by atoms with Gasteiger partial charge in [-0.1, -0.05) is 12.1 Å². The minimum Gasteiger partial charge on any atom is -0.444 e. The van der Waals surface area contributed by atoms with E-state index in [0.717, 1.165) is 5.56 Å². The molecule has 0 aliphatic heterocycles. The number of pyridine rings is 1.